The van der Waals surface area contributed by atoms with E-state index < -0.39 is 0 Å². The van der Waals surface area contributed by atoms with Crippen LogP contribution >= 0.6 is 0 Å². The number of carbonyl (C=O) groups excluding carboxylic acids is 1. The average molecular weight is 377 g/mol. The number of rotatable bonds is 6. The summed E-state index contributed by atoms with van der Waals surface area (Å²) in [6, 6.07) is 3.39. The van der Waals surface area contributed by atoms with Gasteiger partial charge in [0.05, 0.1) is 19.3 Å². The van der Waals surface area contributed by atoms with Crippen LogP contribution in [0.25, 0.3) is 0 Å². The summed E-state index contributed by atoms with van der Waals surface area (Å²) < 4.78 is 11.2. The molecule has 7 heteroatoms. The average Bonchev–Trinajstić information content (AvgIpc) is 2.69. The summed E-state index contributed by atoms with van der Waals surface area (Å²) in [5.41, 5.74) is 0.638. The summed E-state index contributed by atoms with van der Waals surface area (Å²) in [5.74, 6) is 0.447. The fraction of sp³-hybridized carbons (Fsp3) is 0.700. The van der Waals surface area contributed by atoms with Crippen LogP contribution in [0.5, 0.6) is 5.88 Å². The van der Waals surface area contributed by atoms with Crippen molar-refractivity contribution in [2.45, 2.75) is 57.6 Å². The monoisotopic (exact) mass is 376 g/mol. The second-order valence-corrected chi connectivity index (χ2v) is 7.71. The predicted octanol–water partition coefficient (Wildman–Crippen LogP) is 3.03. The van der Waals surface area contributed by atoms with Gasteiger partial charge >= 0.3 is 6.03 Å². The number of nitrogens with one attached hydrogen (secondary N) is 2. The van der Waals surface area contributed by atoms with Crippen molar-refractivity contribution < 1.29 is 14.3 Å². The standard InChI is InChI=1S/C20H32N4O3/c1-16(2)27-18-17(7-6-10-21-18)23-19(25)22-15-20(8-4-3-5-9-20)24-11-13-26-14-12-24/h6-7,10,16H,3-5,8-9,11-15H2,1-2H3,(H2,22,23,25). The van der Waals surface area contributed by atoms with E-state index in [9.17, 15) is 4.79 Å². The topological polar surface area (TPSA) is 75.7 Å². The minimum absolute atomic E-state index is 0.00432. The number of amides is 2. The second-order valence-electron chi connectivity index (χ2n) is 7.71. The maximum atomic E-state index is 12.6. The van der Waals surface area contributed by atoms with E-state index in [0.717, 1.165) is 39.1 Å². The summed E-state index contributed by atoms with van der Waals surface area (Å²) in [7, 11) is 0. The molecule has 1 aromatic heterocycles. The molecular formula is C20H32N4O3. The van der Waals surface area contributed by atoms with Crippen LogP contribution in [0.4, 0.5) is 10.5 Å². The molecule has 1 saturated heterocycles. The Morgan fingerprint density at radius 1 is 1.30 bits per heavy atom. The van der Waals surface area contributed by atoms with Crippen molar-refractivity contribution in [1.29, 1.82) is 0 Å². The lowest BCUT2D eigenvalue weighted by atomic mass is 9.80. The van der Waals surface area contributed by atoms with Crippen molar-refractivity contribution >= 4 is 11.7 Å². The number of urea groups is 1. The molecule has 0 radical (unpaired) electrons. The van der Waals surface area contributed by atoms with Crippen LogP contribution in [0.3, 0.4) is 0 Å². The third-order valence-corrected chi connectivity index (χ3v) is 5.41. The molecule has 1 saturated carbocycles. The van der Waals surface area contributed by atoms with E-state index in [1.165, 1.54) is 19.3 Å². The molecule has 1 aromatic rings. The van der Waals surface area contributed by atoms with Gasteiger partial charge in [-0.15, -0.1) is 0 Å². The smallest absolute Gasteiger partial charge is 0.319 e. The molecule has 2 N–H and O–H groups in total. The number of nitrogens with zero attached hydrogens (tertiary/aromatic N) is 2. The molecule has 0 unspecified atom stereocenters. The highest BCUT2D eigenvalue weighted by atomic mass is 16.5. The van der Waals surface area contributed by atoms with Crippen LogP contribution in [0.1, 0.15) is 46.0 Å². The van der Waals surface area contributed by atoms with Crippen molar-refractivity contribution in [3.63, 3.8) is 0 Å². The van der Waals surface area contributed by atoms with Crippen molar-refractivity contribution in [3.8, 4) is 5.88 Å². The summed E-state index contributed by atoms with van der Waals surface area (Å²) in [6.07, 6.45) is 7.63. The lowest BCUT2D eigenvalue weighted by molar-refractivity contribution is -0.0356. The van der Waals surface area contributed by atoms with Gasteiger partial charge in [-0.25, -0.2) is 9.78 Å². The Balaban J connectivity index is 1.61. The summed E-state index contributed by atoms with van der Waals surface area (Å²) in [4.78, 5) is 19.3. The Hall–Kier alpha value is -1.86. The highest BCUT2D eigenvalue weighted by Crippen LogP contribution is 2.34. The minimum Gasteiger partial charge on any atom is -0.473 e. The van der Waals surface area contributed by atoms with E-state index in [-0.39, 0.29) is 17.7 Å². The van der Waals surface area contributed by atoms with E-state index in [4.69, 9.17) is 9.47 Å². The molecule has 0 bridgehead atoms. The zero-order valence-corrected chi connectivity index (χ0v) is 16.5. The van der Waals surface area contributed by atoms with Crippen molar-refractivity contribution in [2.24, 2.45) is 0 Å². The third-order valence-electron chi connectivity index (χ3n) is 5.41. The fourth-order valence-corrected chi connectivity index (χ4v) is 4.07. The zero-order valence-electron chi connectivity index (χ0n) is 16.5. The summed E-state index contributed by atoms with van der Waals surface area (Å²) in [5, 5.41) is 6.00. The van der Waals surface area contributed by atoms with Crippen molar-refractivity contribution in [3.05, 3.63) is 18.3 Å². The van der Waals surface area contributed by atoms with E-state index in [1.54, 1.807) is 12.3 Å². The van der Waals surface area contributed by atoms with E-state index in [0.29, 0.717) is 18.1 Å². The number of pyridine rings is 1. The Bertz CT molecular complexity index is 611. The number of carbonyl (C=O) groups is 1. The van der Waals surface area contributed by atoms with Crippen LogP contribution in [0, 0.1) is 0 Å². The lowest BCUT2D eigenvalue weighted by Gasteiger charge is -2.48. The minimum atomic E-state index is -0.213. The molecule has 2 aliphatic rings. The van der Waals surface area contributed by atoms with Crippen LogP contribution in [-0.4, -0.2) is 60.4 Å². The van der Waals surface area contributed by atoms with Crippen molar-refractivity contribution in [2.75, 3.05) is 38.2 Å². The Kier molecular flexibility index (Phi) is 6.90. The fourth-order valence-electron chi connectivity index (χ4n) is 4.07. The number of morpholine rings is 1. The number of hydrogen-bond donors (Lipinski definition) is 2. The molecule has 1 aliphatic carbocycles. The first-order valence-electron chi connectivity index (χ1n) is 10.1. The van der Waals surface area contributed by atoms with Crippen LogP contribution in [0.2, 0.25) is 0 Å². The zero-order chi connectivity index (χ0) is 19.1. The van der Waals surface area contributed by atoms with Crippen LogP contribution in [-0.2, 0) is 4.74 Å². The van der Waals surface area contributed by atoms with Crippen LogP contribution < -0.4 is 15.4 Å². The van der Waals surface area contributed by atoms with Crippen molar-refractivity contribution in [1.82, 2.24) is 15.2 Å². The molecule has 150 valence electrons. The first-order chi connectivity index (χ1) is 13.1. The van der Waals surface area contributed by atoms with Gasteiger partial charge in [0.1, 0.15) is 5.69 Å². The van der Waals surface area contributed by atoms with Gasteiger partial charge in [-0.2, -0.15) is 0 Å². The normalized spacial score (nSPS) is 20.3. The second kappa shape index (κ2) is 9.37. The first kappa shape index (κ1) is 19.9. The maximum Gasteiger partial charge on any atom is 0.319 e. The van der Waals surface area contributed by atoms with E-state index in [1.807, 2.05) is 19.9 Å². The molecule has 2 heterocycles. The number of hydrogen-bond acceptors (Lipinski definition) is 5. The molecule has 2 amide bonds. The molecule has 3 rings (SSSR count). The molecule has 0 aromatic carbocycles. The Labute approximate surface area is 161 Å². The number of anilines is 1. The molecule has 2 fully saturated rings. The lowest BCUT2D eigenvalue weighted by Crippen LogP contribution is -2.60. The van der Waals surface area contributed by atoms with E-state index in [2.05, 4.69) is 20.5 Å². The number of aromatic nitrogens is 1. The van der Waals surface area contributed by atoms with E-state index >= 15 is 0 Å². The highest BCUT2D eigenvalue weighted by Gasteiger charge is 2.38. The Morgan fingerprint density at radius 3 is 2.74 bits per heavy atom. The summed E-state index contributed by atoms with van der Waals surface area (Å²) in [6.45, 7) is 7.97. The van der Waals surface area contributed by atoms with Gasteiger partial charge in [0.2, 0.25) is 5.88 Å². The summed E-state index contributed by atoms with van der Waals surface area (Å²) >= 11 is 0. The Morgan fingerprint density at radius 2 is 2.04 bits per heavy atom. The number of ether oxygens (including phenoxy) is 2. The quantitative estimate of drug-likeness (QED) is 0.798. The van der Waals surface area contributed by atoms with Gasteiger partial charge in [0, 0.05) is 31.4 Å². The van der Waals surface area contributed by atoms with Gasteiger partial charge in [-0.05, 0) is 38.8 Å². The third kappa shape index (κ3) is 5.32. The van der Waals surface area contributed by atoms with Crippen LogP contribution in [0.15, 0.2) is 18.3 Å². The highest BCUT2D eigenvalue weighted by molar-refractivity contribution is 5.90. The SMILES string of the molecule is CC(C)Oc1ncccc1NC(=O)NCC1(N2CCOCC2)CCCCC1. The molecule has 7 nitrogen and oxygen atoms in total. The predicted molar refractivity (Wildman–Crippen MR) is 105 cm³/mol. The molecule has 0 atom stereocenters. The van der Waals surface area contributed by atoms with Gasteiger partial charge in [-0.1, -0.05) is 19.3 Å². The largest absolute Gasteiger partial charge is 0.473 e. The maximum absolute atomic E-state index is 12.6. The van der Waals surface area contributed by atoms with Gasteiger partial charge in [-0.3, -0.25) is 4.90 Å². The molecular weight excluding hydrogens is 344 g/mol. The first-order valence-corrected chi connectivity index (χ1v) is 10.1. The van der Waals surface area contributed by atoms with Gasteiger partial charge in [0.25, 0.3) is 0 Å². The van der Waals surface area contributed by atoms with Gasteiger partial charge < -0.3 is 20.1 Å². The molecule has 0 spiro atoms. The molecule has 27 heavy (non-hydrogen) atoms. The molecule has 1 aliphatic heterocycles. The van der Waals surface area contributed by atoms with Gasteiger partial charge in [0.15, 0.2) is 0 Å².